The molecule has 0 amide bonds. The summed E-state index contributed by atoms with van der Waals surface area (Å²) in [6, 6.07) is 15.3. The number of carbonyl (C=O) groups excluding carboxylic acids is 1. The number of halogens is 6. The third kappa shape index (κ3) is 12.2. The van der Waals surface area contributed by atoms with E-state index in [1.807, 2.05) is 0 Å². The minimum atomic E-state index is -1.03. The van der Waals surface area contributed by atoms with Crippen LogP contribution in [-0.2, 0) is 17.6 Å². The first-order chi connectivity index (χ1) is 25.0. The summed E-state index contributed by atoms with van der Waals surface area (Å²) in [5.41, 5.74) is 2.13. The fourth-order valence-corrected chi connectivity index (χ4v) is 5.87. The van der Waals surface area contributed by atoms with Crippen molar-refractivity contribution in [2.24, 2.45) is 0 Å². The number of aryl methyl sites for hydroxylation is 4. The van der Waals surface area contributed by atoms with E-state index in [4.69, 9.17) is 0 Å². The lowest BCUT2D eigenvalue weighted by atomic mass is 10.0. The molecule has 4 aromatic rings. The van der Waals surface area contributed by atoms with Crippen LogP contribution in [0.25, 0.3) is 0 Å². The molecule has 0 atom stereocenters. The molecule has 0 saturated heterocycles. The highest BCUT2D eigenvalue weighted by Gasteiger charge is 2.11. The fourth-order valence-electron chi connectivity index (χ4n) is 5.87. The van der Waals surface area contributed by atoms with Crippen molar-refractivity contribution in [2.45, 2.75) is 104 Å². The molecule has 0 heterocycles. The van der Waals surface area contributed by atoms with Gasteiger partial charge in [0.05, 0.1) is 22.3 Å². The largest absolute Gasteiger partial charge is 0.300 e. The average molecular weight is 715 g/mol. The molecule has 0 aliphatic rings. The Kier molecular flexibility index (Phi) is 15.6. The molecule has 52 heavy (non-hydrogen) atoms. The summed E-state index contributed by atoms with van der Waals surface area (Å²) in [7, 11) is 0. The third-order valence-corrected chi connectivity index (χ3v) is 9.12. The maximum absolute atomic E-state index is 14.6. The lowest BCUT2D eigenvalue weighted by Crippen LogP contribution is -1.98. The summed E-state index contributed by atoms with van der Waals surface area (Å²) >= 11 is 0. The van der Waals surface area contributed by atoms with Gasteiger partial charge in [-0.1, -0.05) is 86.5 Å². The van der Waals surface area contributed by atoms with Crippen LogP contribution in [0, 0.1) is 72.4 Å². The molecule has 0 unspecified atom stereocenters. The molecule has 0 radical (unpaired) electrons. The van der Waals surface area contributed by atoms with Gasteiger partial charge in [0.15, 0.2) is 23.3 Å². The molecule has 0 fully saturated rings. The molecule has 272 valence electrons. The number of rotatable bonds is 16. The third-order valence-electron chi connectivity index (χ3n) is 9.12. The molecule has 0 aliphatic heterocycles. The van der Waals surface area contributed by atoms with Crippen molar-refractivity contribution in [3.63, 3.8) is 0 Å². The molecule has 4 rings (SSSR count). The van der Waals surface area contributed by atoms with Crippen LogP contribution in [0.1, 0.15) is 122 Å². The van der Waals surface area contributed by atoms with E-state index in [1.165, 1.54) is 50.2 Å². The van der Waals surface area contributed by atoms with Gasteiger partial charge in [-0.3, -0.25) is 4.79 Å². The Bertz CT molecular complexity index is 1830. The number of unbranched alkanes of at least 4 members (excludes halogenated alkanes) is 8. The maximum atomic E-state index is 14.6. The summed E-state index contributed by atoms with van der Waals surface area (Å²) in [5, 5.41) is 0. The van der Waals surface area contributed by atoms with Crippen LogP contribution in [0.2, 0.25) is 0 Å². The Labute approximate surface area is 303 Å². The van der Waals surface area contributed by atoms with Gasteiger partial charge in [0, 0.05) is 12.8 Å². The Morgan fingerprint density at radius 1 is 0.442 bits per heavy atom. The molecule has 4 aromatic carbocycles. The van der Waals surface area contributed by atoms with Crippen molar-refractivity contribution in [1.82, 2.24) is 0 Å². The number of hydrogen-bond acceptors (Lipinski definition) is 1. The Hall–Kier alpha value is -4.75. The molecule has 0 bridgehead atoms. The van der Waals surface area contributed by atoms with Gasteiger partial charge >= 0.3 is 0 Å². The van der Waals surface area contributed by atoms with Crippen LogP contribution in [0.4, 0.5) is 26.3 Å². The van der Waals surface area contributed by atoms with E-state index in [9.17, 15) is 31.1 Å². The van der Waals surface area contributed by atoms with Crippen molar-refractivity contribution in [2.75, 3.05) is 0 Å². The first kappa shape index (κ1) is 40.0. The van der Waals surface area contributed by atoms with E-state index in [0.29, 0.717) is 18.6 Å². The lowest BCUT2D eigenvalue weighted by Gasteiger charge is -2.05. The van der Waals surface area contributed by atoms with Crippen molar-refractivity contribution < 1.29 is 31.1 Å². The zero-order valence-electron chi connectivity index (χ0n) is 29.8. The highest BCUT2D eigenvalue weighted by atomic mass is 19.2. The van der Waals surface area contributed by atoms with Gasteiger partial charge in [-0.25, -0.2) is 26.3 Å². The number of benzene rings is 4. The van der Waals surface area contributed by atoms with E-state index in [1.54, 1.807) is 24.3 Å². The number of hydrogen-bond donors (Lipinski definition) is 0. The molecular formula is C45H44F6O. The zero-order chi connectivity index (χ0) is 37.5. The normalized spacial score (nSPS) is 10.8. The Balaban J connectivity index is 1.02. The second kappa shape index (κ2) is 20.3. The predicted molar refractivity (Wildman–Crippen MR) is 195 cm³/mol. The van der Waals surface area contributed by atoms with E-state index in [2.05, 4.69) is 23.7 Å². The highest BCUT2D eigenvalue weighted by molar-refractivity contribution is 5.78. The Morgan fingerprint density at radius 2 is 0.788 bits per heavy atom. The van der Waals surface area contributed by atoms with Gasteiger partial charge in [0.25, 0.3) is 0 Å². The average Bonchev–Trinajstić information content (AvgIpc) is 3.12. The van der Waals surface area contributed by atoms with Crippen molar-refractivity contribution in [3.8, 4) is 23.7 Å². The van der Waals surface area contributed by atoms with Gasteiger partial charge < -0.3 is 0 Å². The summed E-state index contributed by atoms with van der Waals surface area (Å²) in [5.74, 6) is 5.61. The lowest BCUT2D eigenvalue weighted by molar-refractivity contribution is -0.119. The first-order valence-electron chi connectivity index (χ1n) is 18.0. The van der Waals surface area contributed by atoms with Crippen molar-refractivity contribution >= 4 is 5.78 Å². The predicted octanol–water partition coefficient (Wildman–Crippen LogP) is 12.0. The zero-order valence-corrected chi connectivity index (χ0v) is 29.8. The van der Waals surface area contributed by atoms with Gasteiger partial charge in [0.2, 0.25) is 0 Å². The van der Waals surface area contributed by atoms with Crippen LogP contribution >= 0.6 is 0 Å². The van der Waals surface area contributed by atoms with Crippen molar-refractivity contribution in [3.05, 3.63) is 140 Å². The minimum Gasteiger partial charge on any atom is -0.300 e. The molecule has 7 heteroatoms. The van der Waals surface area contributed by atoms with Gasteiger partial charge in [-0.15, -0.1) is 0 Å². The number of carbonyl (C=O) groups is 1. The smallest absolute Gasteiger partial charge is 0.174 e. The van der Waals surface area contributed by atoms with E-state index in [-0.39, 0.29) is 33.4 Å². The number of ketones is 1. The SMILES string of the molecule is Cc1ccc(C#Cc2ccc(CCCCCCCC(=O)CCCCCCCc3ccc(C#Cc4ccc(C)c(F)c4F)c(F)c3)cc2F)c(F)c1F. The van der Waals surface area contributed by atoms with E-state index in [0.717, 1.165) is 88.2 Å². The molecule has 0 spiro atoms. The molecule has 0 saturated carbocycles. The van der Waals surface area contributed by atoms with Gasteiger partial charge in [-0.2, -0.15) is 0 Å². The molecule has 0 aromatic heterocycles. The van der Waals surface area contributed by atoms with Gasteiger partial charge in [0.1, 0.15) is 17.4 Å². The fraction of sp³-hybridized carbons (Fsp3) is 0.356. The Morgan fingerprint density at radius 3 is 1.19 bits per heavy atom. The minimum absolute atomic E-state index is 0.109. The van der Waals surface area contributed by atoms with E-state index < -0.39 is 34.9 Å². The van der Waals surface area contributed by atoms with Crippen LogP contribution in [0.15, 0.2) is 60.7 Å². The van der Waals surface area contributed by atoms with E-state index >= 15 is 0 Å². The highest BCUT2D eigenvalue weighted by Crippen LogP contribution is 2.19. The maximum Gasteiger partial charge on any atom is 0.174 e. The summed E-state index contributed by atoms with van der Waals surface area (Å²) in [6.07, 6.45) is 12.1. The van der Waals surface area contributed by atoms with Crippen LogP contribution < -0.4 is 0 Å². The number of Topliss-reactive ketones (excluding diaryl/α,β-unsaturated/α-hetero) is 1. The molecular weight excluding hydrogens is 670 g/mol. The quantitative estimate of drug-likeness (QED) is 0.0642. The second-order valence-electron chi connectivity index (χ2n) is 13.3. The monoisotopic (exact) mass is 714 g/mol. The molecule has 1 nitrogen and oxygen atoms in total. The van der Waals surface area contributed by atoms with Crippen LogP contribution in [0.3, 0.4) is 0 Å². The summed E-state index contributed by atoms with van der Waals surface area (Å²) in [4.78, 5) is 12.3. The van der Waals surface area contributed by atoms with Crippen LogP contribution in [-0.4, -0.2) is 5.78 Å². The molecule has 0 N–H and O–H groups in total. The topological polar surface area (TPSA) is 17.1 Å². The first-order valence-corrected chi connectivity index (χ1v) is 18.0. The summed E-state index contributed by atoms with van der Waals surface area (Å²) < 4.78 is 84.6. The van der Waals surface area contributed by atoms with Crippen LogP contribution in [0.5, 0.6) is 0 Å². The van der Waals surface area contributed by atoms with Gasteiger partial charge in [-0.05, 0) is 111 Å². The standard InChI is InChI=1S/C45H44F6O/c1-31-17-21-37(44(50)42(31)48)27-25-35-23-19-33(29-40(35)46)13-9-5-3-7-11-15-39(52)16-12-8-4-6-10-14-34-20-24-36(41(47)30-34)26-28-38-22-18-32(2)43(49)45(38)51/h17-24,29-30H,3-16H2,1-2H3. The molecule has 0 aliphatic carbocycles. The summed E-state index contributed by atoms with van der Waals surface area (Å²) in [6.45, 7) is 2.93. The van der Waals surface area contributed by atoms with Crippen molar-refractivity contribution in [1.29, 1.82) is 0 Å². The second-order valence-corrected chi connectivity index (χ2v) is 13.3.